The molecular weight excluding hydrogens is 397 g/mol. The average molecular weight is 431 g/mol. The van der Waals surface area contributed by atoms with Gasteiger partial charge in [-0.05, 0) is 38.5 Å². The Balaban J connectivity index is 0. The highest BCUT2D eigenvalue weighted by molar-refractivity contribution is 5.68. The molecule has 0 aliphatic rings. The maximum Gasteiger partial charge on any atom is 0.416 e. The molecular formula is C22H33F3N2O3. The number of halogens is 3. The van der Waals surface area contributed by atoms with Crippen molar-refractivity contribution in [3.63, 3.8) is 0 Å². The molecule has 170 valence electrons. The van der Waals surface area contributed by atoms with Crippen molar-refractivity contribution < 1.29 is 27.4 Å². The van der Waals surface area contributed by atoms with Crippen LogP contribution in [0.25, 0.3) is 5.70 Å². The average Bonchev–Trinajstić information content (AvgIpc) is 2.71. The number of hydrogen-bond donors (Lipinski definition) is 1. The van der Waals surface area contributed by atoms with E-state index in [1.807, 2.05) is 20.8 Å². The molecule has 5 nitrogen and oxygen atoms in total. The minimum absolute atomic E-state index is 0.0193. The number of carbonyl (C=O) groups excluding carboxylic acids is 1. The van der Waals surface area contributed by atoms with Gasteiger partial charge in [-0.15, -0.1) is 0 Å². The van der Waals surface area contributed by atoms with Crippen molar-refractivity contribution >= 4 is 12.0 Å². The first-order valence-corrected chi connectivity index (χ1v) is 9.89. The highest BCUT2D eigenvalue weighted by Crippen LogP contribution is 2.29. The number of allylic oxidation sites excluding steroid dienone is 1. The Hall–Kier alpha value is -2.37. The van der Waals surface area contributed by atoms with Crippen LogP contribution in [0.5, 0.6) is 0 Å². The highest BCUT2D eigenvalue weighted by Gasteiger charge is 2.30. The Morgan fingerprint density at radius 2 is 1.60 bits per heavy atom. The lowest BCUT2D eigenvalue weighted by atomic mass is 10.1. The monoisotopic (exact) mass is 430 g/mol. The van der Waals surface area contributed by atoms with Crippen LogP contribution in [-0.4, -0.2) is 32.3 Å². The summed E-state index contributed by atoms with van der Waals surface area (Å²) in [7, 11) is 0. The summed E-state index contributed by atoms with van der Waals surface area (Å²) in [6.45, 7) is 11.6. The van der Waals surface area contributed by atoms with E-state index in [-0.39, 0.29) is 12.8 Å². The lowest BCUT2D eigenvalue weighted by Gasteiger charge is -2.10. The number of ether oxygens (including phenoxy) is 2. The molecule has 0 spiro atoms. The van der Waals surface area contributed by atoms with Crippen molar-refractivity contribution in [2.45, 2.75) is 59.9 Å². The molecule has 1 rings (SSSR count). The van der Waals surface area contributed by atoms with Crippen molar-refractivity contribution in [1.82, 2.24) is 5.32 Å². The first-order chi connectivity index (χ1) is 14.2. The molecule has 0 saturated heterocycles. The Morgan fingerprint density at radius 3 is 1.93 bits per heavy atom. The van der Waals surface area contributed by atoms with E-state index in [9.17, 15) is 18.0 Å². The van der Waals surface area contributed by atoms with Crippen molar-refractivity contribution in [1.29, 1.82) is 5.26 Å². The molecule has 0 bridgehead atoms. The molecule has 1 aromatic carbocycles. The molecule has 30 heavy (non-hydrogen) atoms. The number of hydrogen-bond acceptors (Lipinski definition) is 5. The summed E-state index contributed by atoms with van der Waals surface area (Å²) in [6, 6.07) is 6.08. The number of aldehydes is 1. The molecule has 0 saturated carbocycles. The predicted octanol–water partition coefficient (Wildman–Crippen LogP) is 5.57. The van der Waals surface area contributed by atoms with Crippen LogP contribution in [0.2, 0.25) is 0 Å². The zero-order valence-corrected chi connectivity index (χ0v) is 18.4. The van der Waals surface area contributed by atoms with E-state index < -0.39 is 11.7 Å². The number of nitrogens with one attached hydrogen (secondary N) is 1. The third-order valence-corrected chi connectivity index (χ3v) is 3.41. The lowest BCUT2D eigenvalue weighted by molar-refractivity contribution is -0.137. The first-order valence-electron chi connectivity index (χ1n) is 9.89. The molecule has 0 amide bonds. The smallest absolute Gasteiger partial charge is 0.377 e. The fourth-order valence-electron chi connectivity index (χ4n) is 1.81. The van der Waals surface area contributed by atoms with Crippen LogP contribution in [0.4, 0.5) is 13.2 Å². The van der Waals surface area contributed by atoms with Gasteiger partial charge in [-0.3, -0.25) is 0 Å². The molecule has 0 aromatic heterocycles. The second kappa shape index (κ2) is 18.6. The minimum Gasteiger partial charge on any atom is -0.377 e. The van der Waals surface area contributed by atoms with Crippen LogP contribution in [-0.2, 0) is 20.4 Å². The Bertz CT molecular complexity index is 616. The number of benzene rings is 1. The van der Waals surface area contributed by atoms with Gasteiger partial charge in [-0.25, -0.2) is 0 Å². The summed E-state index contributed by atoms with van der Waals surface area (Å²) in [5.41, 5.74) is -0.0531. The fraction of sp³-hybridized carbons (Fsp3) is 0.545. The van der Waals surface area contributed by atoms with Crippen molar-refractivity contribution in [2.24, 2.45) is 0 Å². The van der Waals surface area contributed by atoms with Crippen molar-refractivity contribution in [3.8, 4) is 6.07 Å². The molecule has 0 atom stereocenters. The van der Waals surface area contributed by atoms with Gasteiger partial charge in [0.2, 0.25) is 0 Å². The maximum absolute atomic E-state index is 12.3. The number of alkyl halides is 3. The third kappa shape index (κ3) is 15.5. The van der Waals surface area contributed by atoms with Crippen LogP contribution in [0.15, 0.2) is 30.3 Å². The normalized spacial score (nSPS) is 10.9. The van der Waals surface area contributed by atoms with Crippen molar-refractivity contribution in [3.05, 3.63) is 41.5 Å². The van der Waals surface area contributed by atoms with Gasteiger partial charge in [0.1, 0.15) is 6.29 Å². The summed E-state index contributed by atoms with van der Waals surface area (Å²) in [5.74, 6) is 0. The lowest BCUT2D eigenvalue weighted by Crippen LogP contribution is -2.14. The first kappa shape index (κ1) is 29.8. The number of nitrogens with zero attached hydrogens (tertiary/aromatic N) is 1. The van der Waals surface area contributed by atoms with E-state index >= 15 is 0 Å². The van der Waals surface area contributed by atoms with E-state index in [4.69, 9.17) is 14.7 Å². The summed E-state index contributed by atoms with van der Waals surface area (Å²) in [6.07, 6.45) is -0.0695. The van der Waals surface area contributed by atoms with Gasteiger partial charge in [0.15, 0.2) is 6.29 Å². The Kier molecular flexibility index (Phi) is 18.5. The van der Waals surface area contributed by atoms with Gasteiger partial charge < -0.3 is 19.6 Å². The van der Waals surface area contributed by atoms with E-state index in [0.29, 0.717) is 17.5 Å². The Labute approximate surface area is 177 Å². The van der Waals surface area contributed by atoms with E-state index in [0.717, 1.165) is 31.4 Å². The van der Waals surface area contributed by atoms with Gasteiger partial charge in [-0.1, -0.05) is 38.8 Å². The zero-order valence-electron chi connectivity index (χ0n) is 18.4. The van der Waals surface area contributed by atoms with Gasteiger partial charge in [-0.2, -0.15) is 18.4 Å². The van der Waals surface area contributed by atoms with E-state index in [1.165, 1.54) is 25.0 Å². The molecule has 0 heterocycles. The molecule has 0 fully saturated rings. The van der Waals surface area contributed by atoms with E-state index in [2.05, 4.69) is 19.2 Å². The Morgan fingerprint density at radius 1 is 1.10 bits per heavy atom. The summed E-state index contributed by atoms with van der Waals surface area (Å²) >= 11 is 0. The van der Waals surface area contributed by atoms with E-state index in [1.54, 1.807) is 6.07 Å². The second-order valence-corrected chi connectivity index (χ2v) is 5.79. The number of nitriles is 1. The van der Waals surface area contributed by atoms with Crippen molar-refractivity contribution in [2.75, 3.05) is 19.8 Å². The van der Waals surface area contributed by atoms with Gasteiger partial charge in [0.25, 0.3) is 0 Å². The van der Waals surface area contributed by atoms with Gasteiger partial charge in [0, 0.05) is 19.3 Å². The molecule has 8 heteroatoms. The minimum atomic E-state index is -4.39. The SMILES string of the molecule is CCCC.CCOC(C)OCC.N#C/C=C(\NCC=O)c1ccc(C(F)(F)F)cc1. The van der Waals surface area contributed by atoms with Crippen LogP contribution < -0.4 is 5.32 Å². The number of unbranched alkanes of at least 4 members (excludes halogenated alkanes) is 1. The molecule has 0 aliphatic carbocycles. The number of rotatable bonds is 9. The van der Waals surface area contributed by atoms with Crippen LogP contribution in [0, 0.1) is 11.3 Å². The van der Waals surface area contributed by atoms with Gasteiger partial charge in [0.05, 0.1) is 23.9 Å². The topological polar surface area (TPSA) is 71.3 Å². The van der Waals surface area contributed by atoms with Crippen LogP contribution in [0.3, 0.4) is 0 Å². The zero-order chi connectivity index (χ0) is 23.4. The third-order valence-electron chi connectivity index (χ3n) is 3.41. The molecule has 0 unspecified atom stereocenters. The summed E-state index contributed by atoms with van der Waals surface area (Å²) in [4.78, 5) is 10.2. The quantitative estimate of drug-likeness (QED) is 0.315. The fourth-order valence-corrected chi connectivity index (χ4v) is 1.81. The number of carbonyl (C=O) groups is 1. The standard InChI is InChI=1S/C12H9F3N2O.C6H14O2.C4H10/c13-12(14,15)10-3-1-9(2-4-10)11(5-6-16)17-7-8-18;1-4-7-6(3)8-5-2;1-3-4-2/h1-5,8,17H,7H2;6H,4-5H2,1-3H3;3-4H2,1-2H3/b11-5-;;. The largest absolute Gasteiger partial charge is 0.416 e. The maximum atomic E-state index is 12.3. The summed E-state index contributed by atoms with van der Waals surface area (Å²) < 4.78 is 47.1. The second-order valence-electron chi connectivity index (χ2n) is 5.79. The highest BCUT2D eigenvalue weighted by atomic mass is 19.4. The molecule has 1 aromatic rings. The predicted molar refractivity (Wildman–Crippen MR) is 112 cm³/mol. The molecule has 0 aliphatic heterocycles. The van der Waals surface area contributed by atoms with Crippen LogP contribution >= 0.6 is 0 Å². The van der Waals surface area contributed by atoms with Crippen LogP contribution in [0.1, 0.15) is 58.6 Å². The summed E-state index contributed by atoms with van der Waals surface area (Å²) in [5, 5.41) is 11.2. The van der Waals surface area contributed by atoms with Gasteiger partial charge >= 0.3 is 6.18 Å². The molecule has 0 radical (unpaired) electrons. The molecule has 1 N–H and O–H groups in total.